The maximum absolute atomic E-state index is 10.2. The van der Waals surface area contributed by atoms with Crippen molar-refractivity contribution < 1.29 is 24.4 Å². The average molecular weight is 309 g/mol. The SMILES string of the molecule is CO[C@@H]1OC(CO)[C@@H](O)[C@H](N=[N+]=[N-])C1OCc1ccccc1. The van der Waals surface area contributed by atoms with Crippen LogP contribution >= 0.6 is 0 Å². The van der Waals surface area contributed by atoms with Crippen molar-refractivity contribution in [1.82, 2.24) is 0 Å². The van der Waals surface area contributed by atoms with Crippen LogP contribution in [0.15, 0.2) is 35.4 Å². The second-order valence-electron chi connectivity index (χ2n) is 4.91. The van der Waals surface area contributed by atoms with E-state index < -0.39 is 37.3 Å². The highest BCUT2D eigenvalue weighted by Crippen LogP contribution is 2.27. The number of methoxy groups -OCH3 is 1. The summed E-state index contributed by atoms with van der Waals surface area (Å²) in [6, 6.07) is 8.52. The predicted octanol–water partition coefficient (Wildman–Crippen LogP) is 0.975. The molecule has 8 heteroatoms. The first-order valence-corrected chi connectivity index (χ1v) is 6.88. The number of hydrogen-bond acceptors (Lipinski definition) is 6. The molecule has 0 saturated carbocycles. The van der Waals surface area contributed by atoms with E-state index in [4.69, 9.17) is 19.7 Å². The third-order valence-corrected chi connectivity index (χ3v) is 3.53. The fourth-order valence-corrected chi connectivity index (χ4v) is 2.38. The smallest absolute Gasteiger partial charge is 0.184 e. The van der Waals surface area contributed by atoms with E-state index in [1.807, 2.05) is 30.3 Å². The molecule has 2 rings (SSSR count). The van der Waals surface area contributed by atoms with Crippen LogP contribution in [0.4, 0.5) is 0 Å². The quantitative estimate of drug-likeness (QED) is 0.461. The number of aliphatic hydroxyl groups is 2. The van der Waals surface area contributed by atoms with Crippen molar-refractivity contribution in [3.8, 4) is 0 Å². The zero-order valence-electron chi connectivity index (χ0n) is 12.1. The van der Waals surface area contributed by atoms with Gasteiger partial charge in [0, 0.05) is 12.0 Å². The summed E-state index contributed by atoms with van der Waals surface area (Å²) in [6.07, 6.45) is -3.69. The van der Waals surface area contributed by atoms with E-state index in [1.54, 1.807) is 0 Å². The van der Waals surface area contributed by atoms with Gasteiger partial charge >= 0.3 is 0 Å². The van der Waals surface area contributed by atoms with Gasteiger partial charge in [-0.2, -0.15) is 0 Å². The second-order valence-corrected chi connectivity index (χ2v) is 4.91. The number of nitrogens with zero attached hydrogens (tertiary/aromatic N) is 3. The van der Waals surface area contributed by atoms with E-state index in [-0.39, 0.29) is 6.61 Å². The Bertz CT molecular complexity index is 508. The lowest BCUT2D eigenvalue weighted by molar-refractivity contribution is -0.279. The number of aliphatic hydroxyl groups excluding tert-OH is 2. The first-order valence-electron chi connectivity index (χ1n) is 6.88. The fourth-order valence-electron chi connectivity index (χ4n) is 2.38. The van der Waals surface area contributed by atoms with Crippen LogP contribution in [-0.4, -0.2) is 54.6 Å². The van der Waals surface area contributed by atoms with Gasteiger partial charge in [0.15, 0.2) is 6.29 Å². The molecule has 1 heterocycles. The molecule has 1 saturated heterocycles. The predicted molar refractivity (Wildman–Crippen MR) is 76.7 cm³/mol. The lowest BCUT2D eigenvalue weighted by atomic mass is 9.97. The van der Waals surface area contributed by atoms with Gasteiger partial charge in [-0.05, 0) is 11.1 Å². The largest absolute Gasteiger partial charge is 0.394 e. The van der Waals surface area contributed by atoms with E-state index in [0.717, 1.165) is 5.56 Å². The van der Waals surface area contributed by atoms with Crippen molar-refractivity contribution in [3.05, 3.63) is 46.3 Å². The molecule has 0 radical (unpaired) electrons. The Balaban J connectivity index is 2.14. The van der Waals surface area contributed by atoms with Crippen LogP contribution in [0.5, 0.6) is 0 Å². The van der Waals surface area contributed by atoms with E-state index >= 15 is 0 Å². The maximum Gasteiger partial charge on any atom is 0.184 e. The number of azide groups is 1. The lowest BCUT2D eigenvalue weighted by Crippen LogP contribution is -2.59. The second kappa shape index (κ2) is 8.09. The van der Waals surface area contributed by atoms with E-state index in [2.05, 4.69) is 10.0 Å². The Morgan fingerprint density at radius 1 is 1.36 bits per heavy atom. The van der Waals surface area contributed by atoms with Crippen LogP contribution in [0.25, 0.3) is 10.4 Å². The molecule has 1 aliphatic heterocycles. The van der Waals surface area contributed by atoms with Crippen molar-refractivity contribution in [2.75, 3.05) is 13.7 Å². The molecule has 2 N–H and O–H groups in total. The van der Waals surface area contributed by atoms with Gasteiger partial charge in [0.1, 0.15) is 12.2 Å². The molecule has 0 aromatic heterocycles. The number of ether oxygens (including phenoxy) is 3. The minimum absolute atomic E-state index is 0.253. The minimum atomic E-state index is -1.17. The van der Waals surface area contributed by atoms with Crippen molar-refractivity contribution >= 4 is 0 Å². The highest BCUT2D eigenvalue weighted by atomic mass is 16.7. The van der Waals surface area contributed by atoms with Gasteiger partial charge in [0.2, 0.25) is 0 Å². The highest BCUT2D eigenvalue weighted by molar-refractivity contribution is 5.13. The number of rotatable bonds is 6. The molecular formula is C14H19N3O5. The molecule has 8 nitrogen and oxygen atoms in total. The molecular weight excluding hydrogens is 290 g/mol. The number of hydrogen-bond donors (Lipinski definition) is 2. The molecule has 0 spiro atoms. The first kappa shape index (κ1) is 16.7. The zero-order valence-corrected chi connectivity index (χ0v) is 12.1. The average Bonchev–Trinajstić information content (AvgIpc) is 2.56. The monoisotopic (exact) mass is 309 g/mol. The van der Waals surface area contributed by atoms with E-state index in [9.17, 15) is 10.2 Å². The molecule has 0 aliphatic carbocycles. The Labute approximate surface area is 127 Å². The molecule has 1 aromatic carbocycles. The summed E-state index contributed by atoms with van der Waals surface area (Å²) in [5.41, 5.74) is 9.63. The maximum atomic E-state index is 10.2. The molecule has 1 aromatic rings. The van der Waals surface area contributed by atoms with Gasteiger partial charge < -0.3 is 24.4 Å². The summed E-state index contributed by atoms with van der Waals surface area (Å²) in [7, 11) is 1.42. The fraction of sp³-hybridized carbons (Fsp3) is 0.571. The molecule has 120 valence electrons. The summed E-state index contributed by atoms with van der Waals surface area (Å²) < 4.78 is 16.4. The molecule has 22 heavy (non-hydrogen) atoms. The molecule has 5 atom stereocenters. The number of benzene rings is 1. The third-order valence-electron chi connectivity index (χ3n) is 3.53. The van der Waals surface area contributed by atoms with Crippen molar-refractivity contribution in [3.63, 3.8) is 0 Å². The van der Waals surface area contributed by atoms with Gasteiger partial charge in [0.05, 0.1) is 25.4 Å². The van der Waals surface area contributed by atoms with Gasteiger partial charge in [-0.15, -0.1) is 0 Å². The van der Waals surface area contributed by atoms with Gasteiger partial charge in [-0.25, -0.2) is 0 Å². The molecule has 1 aliphatic rings. The third kappa shape index (κ3) is 3.75. The Hall–Kier alpha value is -1.67. The molecule has 2 unspecified atom stereocenters. The Morgan fingerprint density at radius 3 is 2.68 bits per heavy atom. The van der Waals surface area contributed by atoms with Gasteiger partial charge in [0.25, 0.3) is 0 Å². The zero-order chi connectivity index (χ0) is 15.9. The van der Waals surface area contributed by atoms with E-state index in [0.29, 0.717) is 0 Å². The molecule has 0 amide bonds. The summed E-state index contributed by atoms with van der Waals surface area (Å²) in [5.74, 6) is 0. The van der Waals surface area contributed by atoms with Crippen LogP contribution in [-0.2, 0) is 20.8 Å². The standard InChI is InChI=1S/C14H19N3O5/c1-20-14-13(21-8-9-5-3-2-4-6-9)11(16-17-15)12(19)10(7-18)22-14/h2-6,10-14,18-19H,7-8H2,1H3/t10?,11-,12+,13?,14+/m0/s1. The summed E-state index contributed by atoms with van der Waals surface area (Å²) >= 11 is 0. The Morgan fingerprint density at radius 2 is 2.09 bits per heavy atom. The molecule has 1 fully saturated rings. The van der Waals surface area contributed by atoms with E-state index in [1.165, 1.54) is 7.11 Å². The Kier molecular flexibility index (Phi) is 6.14. The van der Waals surface area contributed by atoms with Gasteiger partial charge in [-0.3, -0.25) is 0 Å². The molecule has 0 bridgehead atoms. The normalized spacial score (nSPS) is 31.5. The van der Waals surface area contributed by atoms with Crippen molar-refractivity contribution in [2.45, 2.75) is 37.3 Å². The van der Waals surface area contributed by atoms with Crippen molar-refractivity contribution in [2.24, 2.45) is 5.11 Å². The lowest BCUT2D eigenvalue weighted by Gasteiger charge is -2.41. The van der Waals surface area contributed by atoms with Crippen molar-refractivity contribution in [1.29, 1.82) is 0 Å². The van der Waals surface area contributed by atoms with Crippen LogP contribution < -0.4 is 0 Å². The summed E-state index contributed by atoms with van der Waals surface area (Å²) in [6.45, 7) is -0.160. The van der Waals surface area contributed by atoms with Crippen LogP contribution in [0.1, 0.15) is 5.56 Å². The minimum Gasteiger partial charge on any atom is -0.394 e. The first-order chi connectivity index (χ1) is 10.7. The van der Waals surface area contributed by atoms with Crippen LogP contribution in [0.3, 0.4) is 0 Å². The van der Waals surface area contributed by atoms with Gasteiger partial charge in [-0.1, -0.05) is 35.4 Å². The van der Waals surface area contributed by atoms with Crippen LogP contribution in [0.2, 0.25) is 0 Å². The summed E-state index contributed by atoms with van der Waals surface area (Å²) in [4.78, 5) is 2.74. The topological polar surface area (TPSA) is 117 Å². The van der Waals surface area contributed by atoms with Crippen LogP contribution in [0, 0.1) is 0 Å². The summed E-state index contributed by atoms with van der Waals surface area (Å²) in [5, 5.41) is 23.0. The highest BCUT2D eigenvalue weighted by Gasteiger charge is 2.45.